The summed E-state index contributed by atoms with van der Waals surface area (Å²) in [6, 6.07) is 17.1. The zero-order valence-electron chi connectivity index (χ0n) is 39.2. The molecular formula is C51H66N6O8. The topological polar surface area (TPSA) is 163 Å². The third-order valence-electron chi connectivity index (χ3n) is 13.3. The summed E-state index contributed by atoms with van der Waals surface area (Å²) in [4.78, 5) is 72.1. The van der Waals surface area contributed by atoms with Gasteiger partial charge in [0, 0.05) is 75.6 Å². The number of methoxy groups -OCH3 is 1. The summed E-state index contributed by atoms with van der Waals surface area (Å²) >= 11 is 0. The van der Waals surface area contributed by atoms with Gasteiger partial charge in [-0.1, -0.05) is 64.1 Å². The van der Waals surface area contributed by atoms with Crippen LogP contribution in [0.1, 0.15) is 77.5 Å². The maximum absolute atomic E-state index is 14.7. The Labute approximate surface area is 382 Å². The van der Waals surface area contributed by atoms with Crippen molar-refractivity contribution in [2.75, 3.05) is 47.0 Å². The number of carbonyl (C=O) groups excluding carboxylic acids is 5. The highest BCUT2D eigenvalue weighted by molar-refractivity contribution is 5.96. The number of aromatic nitrogens is 1. The van der Waals surface area contributed by atoms with Gasteiger partial charge in [-0.2, -0.15) is 0 Å². The Morgan fingerprint density at radius 3 is 2.51 bits per heavy atom. The van der Waals surface area contributed by atoms with Crippen molar-refractivity contribution < 1.29 is 38.6 Å². The zero-order valence-corrected chi connectivity index (χ0v) is 39.2. The summed E-state index contributed by atoms with van der Waals surface area (Å²) in [5.74, 6) is -2.54. The number of fused-ring (bicyclic) bond motifs is 6. The first kappa shape index (κ1) is 47.2. The van der Waals surface area contributed by atoms with E-state index in [1.165, 1.54) is 22.4 Å². The number of phenolic OH excluding ortho intramolecular Hbond substituents is 1. The number of nitrogens with zero attached hydrogens (tertiary/aromatic N) is 4. The van der Waals surface area contributed by atoms with Crippen molar-refractivity contribution in [2.24, 2.45) is 17.3 Å². The quantitative estimate of drug-likeness (QED) is 0.165. The molecule has 4 amide bonds. The number of aryl methyl sites for hydroxylation is 1. The van der Waals surface area contributed by atoms with E-state index in [2.05, 4.69) is 72.5 Å². The smallest absolute Gasteiger partial charge is 0.324 e. The summed E-state index contributed by atoms with van der Waals surface area (Å²) in [6.45, 7) is 14.0. The van der Waals surface area contributed by atoms with E-state index in [9.17, 15) is 29.1 Å². The Morgan fingerprint density at radius 2 is 1.80 bits per heavy atom. The van der Waals surface area contributed by atoms with Crippen molar-refractivity contribution in [3.8, 4) is 28.1 Å². The van der Waals surface area contributed by atoms with Crippen molar-refractivity contribution in [1.29, 1.82) is 0 Å². The first-order chi connectivity index (χ1) is 31.0. The number of nitrogens with one attached hydrogen (secondary N) is 2. The molecule has 2 fully saturated rings. The van der Waals surface area contributed by atoms with Gasteiger partial charge in [0.15, 0.2) is 0 Å². The lowest BCUT2D eigenvalue weighted by atomic mass is 9.83. The van der Waals surface area contributed by atoms with E-state index in [1.807, 2.05) is 26.0 Å². The molecular weight excluding hydrogens is 825 g/mol. The number of hydrazine groups is 1. The lowest BCUT2D eigenvalue weighted by Crippen LogP contribution is -2.62. The van der Waals surface area contributed by atoms with Crippen molar-refractivity contribution >= 4 is 40.5 Å². The van der Waals surface area contributed by atoms with E-state index >= 15 is 0 Å². The Morgan fingerprint density at radius 1 is 1.03 bits per heavy atom. The molecule has 4 heterocycles. The van der Waals surface area contributed by atoms with Crippen LogP contribution in [0.4, 0.5) is 0 Å². The van der Waals surface area contributed by atoms with Crippen LogP contribution in [0.25, 0.3) is 33.3 Å². The maximum atomic E-state index is 14.7. The Balaban J connectivity index is 1.31. The van der Waals surface area contributed by atoms with Gasteiger partial charge in [0.05, 0.1) is 24.8 Å². The number of hydrogen-bond acceptors (Lipinski definition) is 9. The number of amides is 4. The number of hydrogen-bond donors (Lipinski definition) is 3. The van der Waals surface area contributed by atoms with Crippen molar-refractivity contribution in [3.63, 3.8) is 0 Å². The van der Waals surface area contributed by atoms with Gasteiger partial charge < -0.3 is 34.3 Å². The number of aromatic hydroxyl groups is 1. The average molecular weight is 891 g/mol. The Bertz CT molecular complexity index is 2440. The largest absolute Gasteiger partial charge is 0.508 e. The number of likely N-dealkylation sites (tertiary alicyclic amines) is 1. The first-order valence-corrected chi connectivity index (χ1v) is 23.1. The van der Waals surface area contributed by atoms with Crippen LogP contribution in [0.2, 0.25) is 0 Å². The minimum atomic E-state index is -1.14. The van der Waals surface area contributed by atoms with Crippen LogP contribution in [0.5, 0.6) is 5.75 Å². The van der Waals surface area contributed by atoms with Gasteiger partial charge in [-0.25, -0.2) is 5.43 Å². The van der Waals surface area contributed by atoms with Gasteiger partial charge >= 0.3 is 5.97 Å². The number of likely N-dealkylation sites (N-methyl/N-ethyl adjacent to an activating group) is 1. The summed E-state index contributed by atoms with van der Waals surface area (Å²) in [7, 11) is 3.31. The van der Waals surface area contributed by atoms with Crippen molar-refractivity contribution in [2.45, 2.75) is 105 Å². The fraction of sp³-hybridized carbons (Fsp3) is 0.510. The van der Waals surface area contributed by atoms with Crippen LogP contribution in [0.3, 0.4) is 0 Å². The molecule has 0 radical (unpaired) electrons. The van der Waals surface area contributed by atoms with E-state index in [1.54, 1.807) is 31.2 Å². The molecule has 7 rings (SSSR count). The predicted molar refractivity (Wildman–Crippen MR) is 249 cm³/mol. The Hall–Kier alpha value is -5.73. The molecule has 0 aliphatic carbocycles. The molecule has 0 saturated carbocycles. The summed E-state index contributed by atoms with van der Waals surface area (Å²) in [5.41, 5.74) is 10.4. The lowest BCUT2D eigenvalue weighted by molar-refractivity contribution is -0.155. The molecule has 0 unspecified atom stereocenters. The summed E-state index contributed by atoms with van der Waals surface area (Å²) < 4.78 is 14.0. The van der Waals surface area contributed by atoms with Gasteiger partial charge in [-0.05, 0) is 97.0 Å². The molecule has 0 spiro atoms. The molecule has 14 heteroatoms. The predicted octanol–water partition coefficient (Wildman–Crippen LogP) is 5.89. The van der Waals surface area contributed by atoms with Crippen molar-refractivity contribution in [1.82, 2.24) is 30.1 Å². The molecule has 348 valence electrons. The molecule has 65 heavy (non-hydrogen) atoms. The van der Waals surface area contributed by atoms with Gasteiger partial charge in [0.25, 0.3) is 5.91 Å². The van der Waals surface area contributed by atoms with E-state index in [0.717, 1.165) is 45.3 Å². The SMILES string of the molecule is CCn1c(-c2ccccc2CCOC)c2c3cc(ccc31)-c1cc(O)cc(c1)C[C@H](NC(=O)[C@H](C(C)C)N(C)C(=O)[C@H]1CCN(C(C)=O)C1)C(=O)N1CCC[C@H](N1)C(=O)OCC(C)(C)C2. The second-order valence-electron chi connectivity index (χ2n) is 19.2. The van der Waals surface area contributed by atoms with Crippen LogP contribution in [0, 0.1) is 17.3 Å². The fourth-order valence-corrected chi connectivity index (χ4v) is 10.1. The van der Waals surface area contributed by atoms with Crippen LogP contribution >= 0.6 is 0 Å². The average Bonchev–Trinajstić information content (AvgIpc) is 3.89. The van der Waals surface area contributed by atoms with E-state index in [4.69, 9.17) is 9.47 Å². The second kappa shape index (κ2) is 19.8. The second-order valence-corrected chi connectivity index (χ2v) is 19.2. The molecule has 3 aromatic carbocycles. The third kappa shape index (κ3) is 10.2. The number of benzene rings is 3. The third-order valence-corrected chi connectivity index (χ3v) is 13.3. The number of ether oxygens (including phenoxy) is 2. The molecule has 6 bridgehead atoms. The molecule has 1 aromatic heterocycles. The lowest BCUT2D eigenvalue weighted by Gasteiger charge is -2.37. The molecule has 2 saturated heterocycles. The van der Waals surface area contributed by atoms with Crippen LogP contribution < -0.4 is 10.7 Å². The summed E-state index contributed by atoms with van der Waals surface area (Å²) in [5, 5.41) is 16.8. The molecule has 4 aromatic rings. The van der Waals surface area contributed by atoms with Crippen LogP contribution in [0.15, 0.2) is 60.7 Å². The number of cyclic esters (lactones) is 1. The van der Waals surface area contributed by atoms with E-state index in [-0.39, 0.29) is 49.6 Å². The standard InChI is InChI=1S/C51H66N6O8/c1-9-56-44-17-16-35-27-40(44)41(46(56)39-14-11-10-13-34(39)19-22-64-8)28-51(5,6)30-65-50(63)42-15-12-20-57(53-42)49(62)43(25-33-23-37(35)26-38(59)24-33)52-47(60)45(31(2)3)54(7)48(61)36-18-21-55(29-36)32(4)58/h10-11,13-14,16-17,23-24,26-27,31,36,42-43,45,53,59H,9,12,15,18-22,25,28-30H2,1-8H3,(H,52,60)/t36-,42-,43-,45-/m0/s1. The number of carbonyl (C=O) groups is 5. The fourth-order valence-electron chi connectivity index (χ4n) is 10.1. The van der Waals surface area contributed by atoms with Crippen LogP contribution in [-0.4, -0.2) is 119 Å². The number of rotatable bonds is 10. The minimum absolute atomic E-state index is 0.00485. The highest BCUT2D eigenvalue weighted by Crippen LogP contribution is 2.41. The zero-order chi connectivity index (χ0) is 46.7. The molecule has 3 aliphatic rings. The minimum Gasteiger partial charge on any atom is -0.508 e. The molecule has 3 N–H and O–H groups in total. The normalized spacial score (nSPS) is 20.7. The molecule has 4 atom stereocenters. The highest BCUT2D eigenvalue weighted by Gasteiger charge is 2.40. The van der Waals surface area contributed by atoms with Gasteiger partial charge in [0.2, 0.25) is 17.7 Å². The Kier molecular flexibility index (Phi) is 14.4. The van der Waals surface area contributed by atoms with Gasteiger partial charge in [0.1, 0.15) is 23.9 Å². The molecule has 3 aliphatic heterocycles. The maximum Gasteiger partial charge on any atom is 0.324 e. The van der Waals surface area contributed by atoms with E-state index in [0.29, 0.717) is 50.9 Å². The van der Waals surface area contributed by atoms with Gasteiger partial charge in [-0.3, -0.25) is 29.0 Å². The monoisotopic (exact) mass is 890 g/mol. The number of esters is 1. The summed E-state index contributed by atoms with van der Waals surface area (Å²) in [6.07, 6.45) is 2.81. The van der Waals surface area contributed by atoms with Gasteiger partial charge in [-0.15, -0.1) is 0 Å². The highest BCUT2D eigenvalue weighted by atomic mass is 16.5. The first-order valence-electron chi connectivity index (χ1n) is 23.1. The number of phenols is 1. The molecule has 14 nitrogen and oxygen atoms in total. The van der Waals surface area contributed by atoms with E-state index < -0.39 is 47.2 Å². The van der Waals surface area contributed by atoms with Crippen LogP contribution in [-0.2, 0) is 59.3 Å². The van der Waals surface area contributed by atoms with Crippen molar-refractivity contribution in [3.05, 3.63) is 77.4 Å².